The molecule has 0 bridgehead atoms. The molecule has 690 valence electrons. The molecule has 119 heavy (non-hydrogen) atoms. The molecule has 0 aliphatic carbocycles. The number of aliphatic hydroxyl groups is 28. The van der Waals surface area contributed by atoms with E-state index < -0.39 is 384 Å². The van der Waals surface area contributed by atoms with Crippen molar-refractivity contribution in [1.82, 2.24) is 16.0 Å². The van der Waals surface area contributed by atoms with Crippen molar-refractivity contribution in [1.29, 1.82) is 0 Å². The highest BCUT2D eigenvalue weighted by molar-refractivity contribution is 5.74. The van der Waals surface area contributed by atoms with Crippen LogP contribution in [0.3, 0.4) is 0 Å². The van der Waals surface area contributed by atoms with Gasteiger partial charge in [0.15, 0.2) is 62.9 Å². The van der Waals surface area contributed by atoms with Gasteiger partial charge < -0.3 is 249 Å². The largest absolute Gasteiger partial charge is 0.394 e. The second kappa shape index (κ2) is 42.4. The van der Waals surface area contributed by atoms with E-state index in [0.29, 0.717) is 0 Å². The topological polar surface area (TPSA) is 829 Å². The quantitative estimate of drug-likeness (QED) is 0.0318. The van der Waals surface area contributed by atoms with Gasteiger partial charge in [-0.3, -0.25) is 14.4 Å². The maximum Gasteiger partial charge on any atom is 0.217 e. The van der Waals surface area contributed by atoms with Crippen LogP contribution in [0.1, 0.15) is 27.7 Å². The van der Waals surface area contributed by atoms with Gasteiger partial charge in [0, 0.05) is 20.8 Å². The summed E-state index contributed by atoms with van der Waals surface area (Å²) in [7, 11) is 0. The molecule has 10 aliphatic rings. The molecule has 53 heteroatoms. The van der Waals surface area contributed by atoms with Gasteiger partial charge in [-0.05, 0) is 6.92 Å². The van der Waals surface area contributed by atoms with Gasteiger partial charge >= 0.3 is 0 Å². The summed E-state index contributed by atoms with van der Waals surface area (Å²) in [6.07, 6.45) is -98.9. The summed E-state index contributed by atoms with van der Waals surface area (Å²) in [5.74, 6) is -2.90. The Hall–Kier alpha value is -3.47. The van der Waals surface area contributed by atoms with Crippen molar-refractivity contribution in [3.8, 4) is 0 Å². The van der Waals surface area contributed by atoms with E-state index in [4.69, 9.17) is 90.0 Å². The van der Waals surface area contributed by atoms with E-state index >= 15 is 0 Å². The molecule has 0 unspecified atom stereocenters. The van der Waals surface area contributed by atoms with Crippen LogP contribution in [0.2, 0.25) is 0 Å². The monoisotopic (exact) mass is 1750 g/mol. The van der Waals surface area contributed by atoms with Gasteiger partial charge in [-0.25, -0.2) is 0 Å². The number of aliphatic hydroxyl groups excluding tert-OH is 28. The van der Waals surface area contributed by atoms with Crippen LogP contribution in [0.4, 0.5) is 0 Å². The van der Waals surface area contributed by atoms with Crippen molar-refractivity contribution in [3.63, 3.8) is 0 Å². The Balaban J connectivity index is 1.02. The highest BCUT2D eigenvalue weighted by Crippen LogP contribution is 2.40. The van der Waals surface area contributed by atoms with Crippen molar-refractivity contribution in [3.05, 3.63) is 0 Å². The Morgan fingerprint density at radius 1 is 0.235 bits per heavy atom. The fraction of sp³-hybridized carbons (Fsp3) is 0.955. The van der Waals surface area contributed by atoms with E-state index in [9.17, 15) is 157 Å². The number of carbonyl (C=O) groups excluding carboxylic acids is 3. The van der Waals surface area contributed by atoms with Gasteiger partial charge in [0.1, 0.15) is 238 Å². The van der Waals surface area contributed by atoms with Gasteiger partial charge in [-0.1, -0.05) is 0 Å². The predicted octanol–water partition coefficient (Wildman–Crippen LogP) is -21.3. The molecule has 3 amide bonds. The number of hydrogen-bond acceptors (Lipinski definition) is 50. The minimum atomic E-state index is -2.67. The number of amides is 3. The molecule has 10 fully saturated rings. The van der Waals surface area contributed by atoms with Gasteiger partial charge in [0.2, 0.25) is 17.7 Å². The van der Waals surface area contributed by atoms with Gasteiger partial charge in [0.05, 0.1) is 65.6 Å². The molecule has 0 spiro atoms. The molecule has 0 aromatic rings. The van der Waals surface area contributed by atoms with Gasteiger partial charge in [-0.2, -0.15) is 0 Å². The molecule has 10 saturated heterocycles. The van der Waals surface area contributed by atoms with Crippen LogP contribution in [-0.2, 0) is 104 Å². The van der Waals surface area contributed by atoms with Gasteiger partial charge in [0.25, 0.3) is 0 Å². The first kappa shape index (κ1) is 97.7. The van der Waals surface area contributed by atoms with Crippen LogP contribution in [0, 0.1) is 0 Å². The highest BCUT2D eigenvalue weighted by Gasteiger charge is 2.61. The van der Waals surface area contributed by atoms with Crippen LogP contribution in [0.5, 0.6) is 0 Å². The Morgan fingerprint density at radius 2 is 0.504 bits per heavy atom. The van der Waals surface area contributed by atoms with E-state index in [-0.39, 0.29) is 0 Å². The summed E-state index contributed by atoms with van der Waals surface area (Å²) >= 11 is 0. The molecule has 0 aromatic carbocycles. The standard InChI is InChI=1S/C66H111N3O50/c1-14-30(79)40(89)45(94)60(104-14)103-13-26-51(39(88)27(57(100)105-26)67-15(2)76)114-58-28(68-16(3)77)53(36(85)22(9-74)106-58)116-65-50(99)55(118-66-56(44(93)34(83)21(8-73)111-66)119-59-29(69-17(4)78)52(35(84)23(10-75)107-59)115-63-47(96)42(91)32(81)19(6-71)109-63)38(87)25(113-65)12-102-62-49(98)54(117-64-48(97)43(92)33(82)20(7-72)110-64)37(86)24(112-62)11-101-61-46(95)41(90)31(80)18(5-70)108-61/h14,18-66,70-75,79-100H,5-13H2,1-4H3,(H,67,76)(H,68,77)(H,69,78)/t14-,18+,19+,20+,21+,22+,23+,24+,25+,26+,27+,28+,29+,30+,31+,32+,33+,34+,35+,36+,37+,38+,39+,40+,41-,42-,43-,44-,45-,46-,47-,48-,49-,50-,51+,52+,53+,54-,55-,56-,57+,58+,59-,60+,61-,62-,63+,64-,65+,66+/m0/s1. The highest BCUT2D eigenvalue weighted by atomic mass is 16.8. The van der Waals surface area contributed by atoms with Crippen LogP contribution in [-0.4, -0.2) is 527 Å². The third-order valence-corrected chi connectivity index (χ3v) is 22.0. The molecule has 50 atom stereocenters. The molecule has 10 heterocycles. The average molecular weight is 1750 g/mol. The maximum absolute atomic E-state index is 13.5. The minimum Gasteiger partial charge on any atom is -0.394 e. The normalized spacial score (nSPS) is 50.7. The van der Waals surface area contributed by atoms with Crippen LogP contribution < -0.4 is 16.0 Å². The van der Waals surface area contributed by atoms with Crippen LogP contribution in [0.25, 0.3) is 0 Å². The van der Waals surface area contributed by atoms with Crippen molar-refractivity contribution in [2.24, 2.45) is 0 Å². The zero-order chi connectivity index (χ0) is 87.5. The zero-order valence-electron chi connectivity index (χ0n) is 63.7. The Bertz CT molecular complexity index is 3160. The Labute approximate surface area is 673 Å². The first-order valence-corrected chi connectivity index (χ1v) is 38.0. The van der Waals surface area contributed by atoms with E-state index in [0.717, 1.165) is 20.8 Å². The minimum absolute atomic E-state index is 0.869. The third kappa shape index (κ3) is 21.5. The Kier molecular flexibility index (Phi) is 34.8. The van der Waals surface area contributed by atoms with E-state index in [1.807, 2.05) is 0 Å². The zero-order valence-corrected chi connectivity index (χ0v) is 63.7. The van der Waals surface area contributed by atoms with E-state index in [2.05, 4.69) is 16.0 Å². The summed E-state index contributed by atoms with van der Waals surface area (Å²) in [4.78, 5) is 39.2. The second-order valence-corrected chi connectivity index (χ2v) is 30.3. The lowest BCUT2D eigenvalue weighted by molar-refractivity contribution is -0.397. The number of rotatable bonds is 30. The van der Waals surface area contributed by atoms with Crippen molar-refractivity contribution in [2.75, 3.05) is 59.5 Å². The molecule has 0 radical (unpaired) electrons. The fourth-order valence-corrected chi connectivity index (χ4v) is 15.3. The van der Waals surface area contributed by atoms with Crippen LogP contribution >= 0.6 is 0 Å². The molecule has 10 rings (SSSR count). The van der Waals surface area contributed by atoms with Crippen molar-refractivity contribution >= 4 is 17.7 Å². The molecule has 10 aliphatic heterocycles. The third-order valence-electron chi connectivity index (χ3n) is 22.0. The summed E-state index contributed by atoms with van der Waals surface area (Å²) in [6.45, 7) is -5.72. The maximum atomic E-state index is 13.5. The molecular weight excluding hydrogens is 1630 g/mol. The lowest BCUT2D eigenvalue weighted by Gasteiger charge is -2.51. The second-order valence-electron chi connectivity index (χ2n) is 30.3. The first-order chi connectivity index (χ1) is 56.2. The molecule has 53 nitrogen and oxygen atoms in total. The lowest BCUT2D eigenvalue weighted by Crippen LogP contribution is -2.71. The average Bonchev–Trinajstić information content (AvgIpc) is 0.800. The molecule has 0 saturated carbocycles. The Morgan fingerprint density at radius 3 is 0.924 bits per heavy atom. The number of carbonyl (C=O) groups is 3. The van der Waals surface area contributed by atoms with Crippen molar-refractivity contribution in [2.45, 2.75) is 335 Å². The molecule has 0 aromatic heterocycles. The smallest absolute Gasteiger partial charge is 0.217 e. The first-order valence-electron chi connectivity index (χ1n) is 38.0. The molecule has 31 N–H and O–H groups in total. The summed E-state index contributed by atoms with van der Waals surface area (Å²) in [6, 6.07) is -5.87. The van der Waals surface area contributed by atoms with E-state index in [1.54, 1.807) is 0 Å². The molecular formula is C66H111N3O50. The number of hydrogen-bond donors (Lipinski definition) is 31. The van der Waals surface area contributed by atoms with E-state index in [1.165, 1.54) is 6.92 Å². The summed E-state index contributed by atoms with van der Waals surface area (Å²) in [5.41, 5.74) is 0. The van der Waals surface area contributed by atoms with Crippen LogP contribution in [0.15, 0.2) is 0 Å². The van der Waals surface area contributed by atoms with Gasteiger partial charge in [-0.15, -0.1) is 0 Å². The predicted molar refractivity (Wildman–Crippen MR) is 363 cm³/mol. The number of ether oxygens (including phenoxy) is 19. The fourth-order valence-electron chi connectivity index (χ4n) is 15.3. The summed E-state index contributed by atoms with van der Waals surface area (Å²) < 4.78 is 112. The van der Waals surface area contributed by atoms with Crippen molar-refractivity contribution < 1.29 is 247 Å². The lowest BCUT2D eigenvalue weighted by atomic mass is 9.93. The SMILES string of the molecule is CC(=O)N[C@@H]1[C@@H](O)[C@H](O[C@H]2O[C@H](CO)[C@@H](O)[C@H](O[C@H]3O[C@H](CO[C@H]4O[C@H](CO[C@H]5O[C@H](CO)[C@@H](O)[C@H](O)[C@@H]5O)[C@@H](O)[C@H](O[C@@H]5O[C@H](CO)[C@@H](O)[C@H](O)[C@@H]5O)[C@@H]4O)[C@@H](O)[C@H](O[C@H]4O[C@H](CO)[C@@H](O)[C@H](O)[C@@H]4O[C@@H]4O[C@H](CO)[C@@H](O)[C@H](O[C@H]5O[C@H](CO)[C@@H](O)[C@H](O)[C@@H]5O)[C@H]4NC(C)=O)[C@@H]3O)[C@H]2NC(C)=O)[C@@H](CO[C@@H]2O[C@@H](C)[C@@H](O)[C@@H](O)[C@@H]2O)O[C@H]1O. The summed E-state index contributed by atoms with van der Waals surface area (Å²) in [5, 5.41) is 318. The number of nitrogens with one attached hydrogen (secondary N) is 3.